The molecule has 1 aromatic carbocycles. The van der Waals surface area contributed by atoms with Gasteiger partial charge in [0.25, 0.3) is 0 Å². The second-order valence-corrected chi connectivity index (χ2v) is 2.46. The molecule has 0 radical (unpaired) electrons. The maximum absolute atomic E-state index is 6.81. The molecule has 1 N–H and O–H groups in total. The molecule has 0 spiro atoms. The Morgan fingerprint density at radius 2 is 2.27 bits per heavy atom. The van der Waals surface area contributed by atoms with Gasteiger partial charge in [0.1, 0.15) is 0 Å². The molecule has 0 aliphatic rings. The van der Waals surface area contributed by atoms with Crippen LogP contribution in [0.25, 0.3) is 4.85 Å². The Bertz CT molecular complexity index is 301. The zero-order valence-corrected chi connectivity index (χ0v) is 6.81. The number of hydrogen-bond donors (Lipinski definition) is 1. The zero-order valence-electron chi connectivity index (χ0n) is 6.06. The van der Waals surface area contributed by atoms with Crippen LogP contribution in [-0.4, -0.2) is 7.05 Å². The lowest BCUT2D eigenvalue weighted by atomic mass is 10.3. The molecule has 3 heteroatoms. The van der Waals surface area contributed by atoms with Gasteiger partial charge in [-0.25, -0.2) is 4.85 Å². The number of anilines is 1. The summed E-state index contributed by atoms with van der Waals surface area (Å²) < 4.78 is 0. The summed E-state index contributed by atoms with van der Waals surface area (Å²) in [7, 11) is 1.78. The average Bonchev–Trinajstić information content (AvgIpc) is 2.04. The molecule has 0 atom stereocenters. The van der Waals surface area contributed by atoms with E-state index in [-0.39, 0.29) is 0 Å². The molecule has 0 saturated carbocycles. The minimum absolute atomic E-state index is 0.556. The van der Waals surface area contributed by atoms with E-state index in [1.165, 1.54) is 0 Å². The van der Waals surface area contributed by atoms with Gasteiger partial charge in [-0.15, -0.1) is 0 Å². The van der Waals surface area contributed by atoms with Crippen molar-refractivity contribution in [1.82, 2.24) is 0 Å². The molecule has 0 unspecified atom stereocenters. The van der Waals surface area contributed by atoms with E-state index in [9.17, 15) is 0 Å². The predicted octanol–water partition coefficient (Wildman–Crippen LogP) is 2.93. The number of halogens is 1. The summed E-state index contributed by atoms with van der Waals surface area (Å²) >= 11 is 5.68. The van der Waals surface area contributed by atoms with Crippen molar-refractivity contribution in [3.63, 3.8) is 0 Å². The van der Waals surface area contributed by atoms with Crippen LogP contribution in [0.5, 0.6) is 0 Å². The second-order valence-electron chi connectivity index (χ2n) is 2.02. The van der Waals surface area contributed by atoms with Gasteiger partial charge in [0.05, 0.1) is 6.57 Å². The first-order chi connectivity index (χ1) is 5.27. The highest BCUT2D eigenvalue weighted by molar-refractivity contribution is 6.31. The van der Waals surface area contributed by atoms with E-state index in [0.717, 1.165) is 5.69 Å². The standard InChI is InChI=1S/C8H7ClN2/c1-10-7-4-3-6(9)5-8(7)11-2/h3-5,10H,1H3. The van der Waals surface area contributed by atoms with Gasteiger partial charge in [0.15, 0.2) is 0 Å². The molecular weight excluding hydrogens is 160 g/mol. The first-order valence-electron chi connectivity index (χ1n) is 3.12. The summed E-state index contributed by atoms with van der Waals surface area (Å²) in [6, 6.07) is 5.18. The summed E-state index contributed by atoms with van der Waals surface area (Å²) in [4.78, 5) is 3.31. The molecule has 0 saturated heterocycles. The van der Waals surface area contributed by atoms with Crippen molar-refractivity contribution < 1.29 is 0 Å². The van der Waals surface area contributed by atoms with Gasteiger partial charge in [-0.3, -0.25) is 0 Å². The van der Waals surface area contributed by atoms with E-state index in [4.69, 9.17) is 18.2 Å². The van der Waals surface area contributed by atoms with E-state index in [2.05, 4.69) is 10.2 Å². The van der Waals surface area contributed by atoms with Crippen LogP contribution in [0.4, 0.5) is 11.4 Å². The van der Waals surface area contributed by atoms with Crippen molar-refractivity contribution in [3.05, 3.63) is 34.6 Å². The molecule has 2 nitrogen and oxygen atoms in total. The number of nitrogens with zero attached hydrogens (tertiary/aromatic N) is 1. The van der Waals surface area contributed by atoms with E-state index < -0.39 is 0 Å². The van der Waals surface area contributed by atoms with Crippen LogP contribution in [0, 0.1) is 6.57 Å². The highest BCUT2D eigenvalue weighted by atomic mass is 35.5. The summed E-state index contributed by atoms with van der Waals surface area (Å²) in [5.74, 6) is 0. The largest absolute Gasteiger partial charge is 0.397 e. The third kappa shape index (κ3) is 1.63. The van der Waals surface area contributed by atoms with Gasteiger partial charge < -0.3 is 5.32 Å². The molecule has 11 heavy (non-hydrogen) atoms. The predicted molar refractivity (Wildman–Crippen MR) is 47.3 cm³/mol. The molecule has 1 rings (SSSR count). The van der Waals surface area contributed by atoms with Crippen LogP contribution in [0.15, 0.2) is 18.2 Å². The normalized spacial score (nSPS) is 8.82. The number of hydrogen-bond acceptors (Lipinski definition) is 1. The van der Waals surface area contributed by atoms with Crippen molar-refractivity contribution in [2.45, 2.75) is 0 Å². The quantitative estimate of drug-likeness (QED) is 0.635. The van der Waals surface area contributed by atoms with Crippen molar-refractivity contribution in [3.8, 4) is 0 Å². The van der Waals surface area contributed by atoms with E-state index in [1.54, 1.807) is 25.2 Å². The molecule has 0 heterocycles. The molecule has 56 valence electrons. The van der Waals surface area contributed by atoms with E-state index in [1.807, 2.05) is 0 Å². The van der Waals surface area contributed by atoms with Crippen LogP contribution >= 0.6 is 11.6 Å². The molecule has 0 amide bonds. The molecule has 0 aliphatic carbocycles. The lowest BCUT2D eigenvalue weighted by molar-refractivity contribution is 1.52. The van der Waals surface area contributed by atoms with Crippen LogP contribution in [0.3, 0.4) is 0 Å². The van der Waals surface area contributed by atoms with Crippen LogP contribution < -0.4 is 5.32 Å². The molecule has 0 aliphatic heterocycles. The molecule has 0 bridgehead atoms. The molecule has 0 aromatic heterocycles. The summed E-state index contributed by atoms with van der Waals surface area (Å²) in [6.07, 6.45) is 0. The third-order valence-electron chi connectivity index (χ3n) is 1.35. The van der Waals surface area contributed by atoms with Crippen molar-refractivity contribution >= 4 is 23.0 Å². The zero-order chi connectivity index (χ0) is 8.27. The molecule has 1 aromatic rings. The summed E-state index contributed by atoms with van der Waals surface area (Å²) in [6.45, 7) is 6.81. The Labute approximate surface area is 70.6 Å². The fourth-order valence-electron chi connectivity index (χ4n) is 0.809. The van der Waals surface area contributed by atoms with Crippen LogP contribution in [0.1, 0.15) is 0 Å². The van der Waals surface area contributed by atoms with Crippen LogP contribution in [-0.2, 0) is 0 Å². The van der Waals surface area contributed by atoms with E-state index in [0.29, 0.717) is 10.7 Å². The third-order valence-corrected chi connectivity index (χ3v) is 1.58. The van der Waals surface area contributed by atoms with Gasteiger partial charge in [0.2, 0.25) is 5.69 Å². The van der Waals surface area contributed by atoms with Crippen molar-refractivity contribution in [2.75, 3.05) is 12.4 Å². The van der Waals surface area contributed by atoms with Gasteiger partial charge in [0, 0.05) is 17.8 Å². The van der Waals surface area contributed by atoms with Gasteiger partial charge in [-0.05, 0) is 18.2 Å². The molecule has 0 fully saturated rings. The Hall–Kier alpha value is -1.20. The fourth-order valence-corrected chi connectivity index (χ4v) is 0.975. The first-order valence-corrected chi connectivity index (χ1v) is 3.50. The number of nitrogens with one attached hydrogen (secondary N) is 1. The molecular formula is C8H7ClN2. The maximum atomic E-state index is 6.81. The fraction of sp³-hybridized carbons (Fsp3) is 0.125. The highest BCUT2D eigenvalue weighted by Crippen LogP contribution is 2.27. The average molecular weight is 167 g/mol. The Morgan fingerprint density at radius 3 is 2.82 bits per heavy atom. The van der Waals surface area contributed by atoms with Crippen molar-refractivity contribution in [1.29, 1.82) is 0 Å². The monoisotopic (exact) mass is 166 g/mol. The summed E-state index contributed by atoms with van der Waals surface area (Å²) in [5.41, 5.74) is 1.37. The number of rotatable bonds is 1. The van der Waals surface area contributed by atoms with Gasteiger partial charge >= 0.3 is 0 Å². The lowest BCUT2D eigenvalue weighted by Gasteiger charge is -2.01. The lowest BCUT2D eigenvalue weighted by Crippen LogP contribution is -1.86. The SMILES string of the molecule is [C-]#[N+]c1cc(Cl)ccc1NC. The minimum atomic E-state index is 0.556. The smallest absolute Gasteiger partial charge is 0.210 e. The maximum Gasteiger partial charge on any atom is 0.210 e. The van der Waals surface area contributed by atoms with Crippen molar-refractivity contribution in [2.24, 2.45) is 0 Å². The van der Waals surface area contributed by atoms with E-state index >= 15 is 0 Å². The Kier molecular flexibility index (Phi) is 2.35. The first kappa shape index (κ1) is 7.90. The summed E-state index contributed by atoms with van der Waals surface area (Å²) in [5, 5.41) is 3.49. The Balaban J connectivity index is 3.19. The topological polar surface area (TPSA) is 16.4 Å². The second kappa shape index (κ2) is 3.27. The Morgan fingerprint density at radius 1 is 1.55 bits per heavy atom. The highest BCUT2D eigenvalue weighted by Gasteiger charge is 1.99. The minimum Gasteiger partial charge on any atom is -0.397 e. The van der Waals surface area contributed by atoms with Gasteiger partial charge in [-0.1, -0.05) is 11.6 Å². The van der Waals surface area contributed by atoms with Crippen LogP contribution in [0.2, 0.25) is 5.02 Å². The van der Waals surface area contributed by atoms with Gasteiger partial charge in [-0.2, -0.15) is 0 Å². The number of benzene rings is 1.